The first-order chi connectivity index (χ1) is 9.44. The number of carbonyl (C=O) groups is 1. The van der Waals surface area contributed by atoms with Crippen molar-refractivity contribution in [3.8, 4) is 0 Å². The molecule has 1 aromatic heterocycles. The van der Waals surface area contributed by atoms with Crippen LogP contribution in [0.2, 0.25) is 0 Å². The van der Waals surface area contributed by atoms with Crippen LogP contribution in [0.1, 0.15) is 36.6 Å². The molecule has 1 atom stereocenters. The molecule has 2 heterocycles. The van der Waals surface area contributed by atoms with Crippen molar-refractivity contribution in [1.82, 2.24) is 4.90 Å². The van der Waals surface area contributed by atoms with Crippen molar-refractivity contribution >= 4 is 23.4 Å². The molecule has 1 unspecified atom stereocenters. The van der Waals surface area contributed by atoms with Gasteiger partial charge in [-0.25, -0.2) is 4.79 Å². The lowest BCUT2D eigenvalue weighted by molar-refractivity contribution is -0.131. The minimum atomic E-state index is -0.924. The van der Waals surface area contributed by atoms with Crippen LogP contribution in [-0.2, 0) is 11.3 Å². The maximum absolute atomic E-state index is 10.5. The SMILES string of the molecule is CC1(O)CCCN(Cc2cc(/C=C/C(=O)O)cs2)CC1. The first kappa shape index (κ1) is 15.2. The second-order valence-corrected chi connectivity index (χ2v) is 6.64. The molecule has 5 heteroatoms. The van der Waals surface area contributed by atoms with Crippen LogP contribution in [0.25, 0.3) is 6.08 Å². The van der Waals surface area contributed by atoms with E-state index in [0.29, 0.717) is 0 Å². The van der Waals surface area contributed by atoms with E-state index in [2.05, 4.69) is 4.90 Å². The fraction of sp³-hybridized carbons (Fsp3) is 0.533. The van der Waals surface area contributed by atoms with Crippen LogP contribution in [0.4, 0.5) is 0 Å². The molecule has 0 aromatic carbocycles. The van der Waals surface area contributed by atoms with E-state index in [9.17, 15) is 9.90 Å². The molecule has 0 amide bonds. The number of hydrogen-bond donors (Lipinski definition) is 2. The molecule has 0 radical (unpaired) electrons. The predicted octanol–water partition coefficient (Wildman–Crippen LogP) is 2.58. The Balaban J connectivity index is 1.92. The second-order valence-electron chi connectivity index (χ2n) is 5.64. The molecule has 110 valence electrons. The van der Waals surface area contributed by atoms with Gasteiger partial charge in [0, 0.05) is 24.0 Å². The highest BCUT2D eigenvalue weighted by molar-refractivity contribution is 7.10. The van der Waals surface area contributed by atoms with E-state index in [1.54, 1.807) is 17.4 Å². The number of thiophene rings is 1. The van der Waals surface area contributed by atoms with Gasteiger partial charge in [0.05, 0.1) is 5.60 Å². The molecular weight excluding hydrogens is 274 g/mol. The van der Waals surface area contributed by atoms with E-state index < -0.39 is 11.6 Å². The van der Waals surface area contributed by atoms with E-state index in [-0.39, 0.29) is 0 Å². The highest BCUT2D eigenvalue weighted by Crippen LogP contribution is 2.24. The molecule has 20 heavy (non-hydrogen) atoms. The first-order valence-corrected chi connectivity index (χ1v) is 7.76. The summed E-state index contributed by atoms with van der Waals surface area (Å²) in [6.45, 7) is 4.71. The third kappa shape index (κ3) is 4.74. The lowest BCUT2D eigenvalue weighted by Gasteiger charge is -2.21. The third-order valence-electron chi connectivity index (χ3n) is 3.63. The number of aliphatic carboxylic acids is 1. The monoisotopic (exact) mass is 295 g/mol. The Bertz CT molecular complexity index is 493. The van der Waals surface area contributed by atoms with Gasteiger partial charge in [-0.15, -0.1) is 11.3 Å². The molecule has 4 nitrogen and oxygen atoms in total. The Morgan fingerprint density at radius 1 is 1.50 bits per heavy atom. The highest BCUT2D eigenvalue weighted by atomic mass is 32.1. The quantitative estimate of drug-likeness (QED) is 0.838. The molecule has 1 aromatic rings. The number of carboxylic acids is 1. The molecular formula is C15H21NO3S. The van der Waals surface area contributed by atoms with Gasteiger partial charge in [-0.05, 0) is 55.8 Å². The largest absolute Gasteiger partial charge is 0.478 e. The number of carboxylic acid groups (broad SMARTS) is 1. The number of hydrogen-bond acceptors (Lipinski definition) is 4. The lowest BCUT2D eigenvalue weighted by Crippen LogP contribution is -2.27. The minimum Gasteiger partial charge on any atom is -0.478 e. The Morgan fingerprint density at radius 2 is 2.30 bits per heavy atom. The van der Waals surface area contributed by atoms with Gasteiger partial charge in [-0.1, -0.05) is 0 Å². The minimum absolute atomic E-state index is 0.528. The number of nitrogens with zero attached hydrogens (tertiary/aromatic N) is 1. The normalized spacial score (nSPS) is 24.9. The van der Waals surface area contributed by atoms with Crippen molar-refractivity contribution in [1.29, 1.82) is 0 Å². The van der Waals surface area contributed by atoms with E-state index in [4.69, 9.17) is 5.11 Å². The molecule has 0 aliphatic carbocycles. The fourth-order valence-corrected chi connectivity index (χ4v) is 3.33. The van der Waals surface area contributed by atoms with E-state index >= 15 is 0 Å². The standard InChI is InChI=1S/C15H21NO3S/c1-15(19)5-2-7-16(8-6-15)10-13-9-12(11-20-13)3-4-14(17)18/h3-4,9,11,19H,2,5-8,10H2,1H3,(H,17,18)/b4-3+. The van der Waals surface area contributed by atoms with Gasteiger partial charge in [0.2, 0.25) is 0 Å². The van der Waals surface area contributed by atoms with Crippen molar-refractivity contribution in [2.75, 3.05) is 13.1 Å². The zero-order valence-electron chi connectivity index (χ0n) is 11.7. The molecule has 2 rings (SSSR count). The van der Waals surface area contributed by atoms with Crippen LogP contribution in [0, 0.1) is 0 Å². The summed E-state index contributed by atoms with van der Waals surface area (Å²) in [6, 6.07) is 2.03. The zero-order valence-corrected chi connectivity index (χ0v) is 12.5. The van der Waals surface area contributed by atoms with E-state index in [1.807, 2.05) is 18.4 Å². The molecule has 1 aliphatic rings. The van der Waals surface area contributed by atoms with Crippen molar-refractivity contribution in [3.05, 3.63) is 28.0 Å². The maximum atomic E-state index is 10.5. The summed E-state index contributed by atoms with van der Waals surface area (Å²) in [7, 11) is 0. The Morgan fingerprint density at radius 3 is 3.05 bits per heavy atom. The van der Waals surface area contributed by atoms with Crippen molar-refractivity contribution in [2.24, 2.45) is 0 Å². The molecule has 1 saturated heterocycles. The fourth-order valence-electron chi connectivity index (χ4n) is 2.43. The smallest absolute Gasteiger partial charge is 0.328 e. The van der Waals surface area contributed by atoms with Crippen LogP contribution < -0.4 is 0 Å². The van der Waals surface area contributed by atoms with Gasteiger partial charge in [-0.2, -0.15) is 0 Å². The highest BCUT2D eigenvalue weighted by Gasteiger charge is 2.24. The summed E-state index contributed by atoms with van der Waals surface area (Å²) in [5, 5.41) is 20.7. The van der Waals surface area contributed by atoms with Crippen molar-refractivity contribution in [2.45, 2.75) is 38.3 Å². The Hall–Kier alpha value is -1.17. The summed E-state index contributed by atoms with van der Waals surface area (Å²) in [5.74, 6) is -0.924. The van der Waals surface area contributed by atoms with Crippen LogP contribution >= 0.6 is 11.3 Å². The molecule has 1 fully saturated rings. The molecule has 2 N–H and O–H groups in total. The lowest BCUT2D eigenvalue weighted by atomic mass is 9.98. The summed E-state index contributed by atoms with van der Waals surface area (Å²) < 4.78 is 0. The van der Waals surface area contributed by atoms with Gasteiger partial charge in [0.25, 0.3) is 0 Å². The number of rotatable bonds is 4. The molecule has 0 saturated carbocycles. The molecule has 1 aliphatic heterocycles. The second kappa shape index (κ2) is 6.52. The third-order valence-corrected chi connectivity index (χ3v) is 4.57. The van der Waals surface area contributed by atoms with Gasteiger partial charge >= 0.3 is 5.97 Å². The van der Waals surface area contributed by atoms with Gasteiger partial charge < -0.3 is 10.2 Å². The zero-order chi connectivity index (χ0) is 14.6. The van der Waals surface area contributed by atoms with E-state index in [1.165, 1.54) is 4.88 Å². The topological polar surface area (TPSA) is 60.8 Å². The Labute approximate surface area is 123 Å². The first-order valence-electron chi connectivity index (χ1n) is 6.88. The Kier molecular flexibility index (Phi) is 4.96. The average Bonchev–Trinajstić information content (AvgIpc) is 2.73. The van der Waals surface area contributed by atoms with Crippen LogP contribution in [0.15, 0.2) is 17.5 Å². The maximum Gasteiger partial charge on any atom is 0.328 e. The number of aliphatic hydroxyl groups is 1. The molecule has 0 spiro atoms. The number of likely N-dealkylation sites (tertiary alicyclic amines) is 1. The van der Waals surface area contributed by atoms with Gasteiger partial charge in [0.15, 0.2) is 0 Å². The van der Waals surface area contributed by atoms with E-state index in [0.717, 1.165) is 50.5 Å². The van der Waals surface area contributed by atoms with Crippen LogP contribution in [0.3, 0.4) is 0 Å². The summed E-state index contributed by atoms with van der Waals surface area (Å²) >= 11 is 1.65. The van der Waals surface area contributed by atoms with Crippen LogP contribution in [0.5, 0.6) is 0 Å². The van der Waals surface area contributed by atoms with Gasteiger partial charge in [-0.3, -0.25) is 4.90 Å². The summed E-state index contributed by atoms with van der Waals surface area (Å²) in [6.07, 6.45) is 5.47. The predicted molar refractivity (Wildman–Crippen MR) is 80.7 cm³/mol. The van der Waals surface area contributed by atoms with Crippen molar-refractivity contribution < 1.29 is 15.0 Å². The summed E-state index contributed by atoms with van der Waals surface area (Å²) in [5.41, 5.74) is 0.411. The van der Waals surface area contributed by atoms with Crippen molar-refractivity contribution in [3.63, 3.8) is 0 Å². The average molecular weight is 295 g/mol. The molecule has 0 bridgehead atoms. The van der Waals surface area contributed by atoms with Crippen LogP contribution in [-0.4, -0.2) is 39.8 Å². The van der Waals surface area contributed by atoms with Gasteiger partial charge in [0.1, 0.15) is 0 Å². The summed E-state index contributed by atoms with van der Waals surface area (Å²) in [4.78, 5) is 14.1.